The number of ether oxygens (including phenoxy) is 2. The van der Waals surface area contributed by atoms with E-state index in [-0.39, 0.29) is 24.5 Å². The molecule has 2 amide bonds. The Balaban J connectivity index is 1.57. The zero-order valence-corrected chi connectivity index (χ0v) is 17.8. The van der Waals surface area contributed by atoms with Crippen molar-refractivity contribution in [3.05, 3.63) is 33.8 Å². The number of benzene rings is 1. The summed E-state index contributed by atoms with van der Waals surface area (Å²) in [6, 6.07) is 4.14. The lowest BCUT2D eigenvalue weighted by atomic mass is 9.89. The SMILES string of the molecule is O=C(NC[C@@H]1CCCO1)[C@H]1COC2(CCCCC2)N1C(=O)c1ccc(Cl)c(Cl)c1. The number of nitrogens with zero attached hydrogens (tertiary/aromatic N) is 1. The summed E-state index contributed by atoms with van der Waals surface area (Å²) in [4.78, 5) is 28.2. The first-order valence-electron chi connectivity index (χ1n) is 10.3. The minimum Gasteiger partial charge on any atom is -0.376 e. The maximum Gasteiger partial charge on any atom is 0.256 e. The number of nitrogens with one attached hydrogen (secondary N) is 1. The summed E-state index contributed by atoms with van der Waals surface area (Å²) < 4.78 is 11.7. The highest BCUT2D eigenvalue weighted by molar-refractivity contribution is 6.42. The molecule has 3 fully saturated rings. The Labute approximate surface area is 180 Å². The standard InChI is InChI=1S/C21H26Cl2N2O4/c22-16-7-6-14(11-17(16)23)20(27)25-18(13-29-21(25)8-2-1-3-9-21)19(26)24-12-15-5-4-10-28-15/h6-7,11,15,18H,1-5,8-10,12-13H2,(H,24,26)/t15-,18+/m0/s1. The van der Waals surface area contributed by atoms with Gasteiger partial charge in [0.2, 0.25) is 5.91 Å². The van der Waals surface area contributed by atoms with E-state index in [9.17, 15) is 9.59 Å². The highest BCUT2D eigenvalue weighted by atomic mass is 35.5. The van der Waals surface area contributed by atoms with Gasteiger partial charge in [0, 0.05) is 18.7 Å². The summed E-state index contributed by atoms with van der Waals surface area (Å²) in [5.74, 6) is -0.448. The van der Waals surface area contributed by atoms with Crippen LogP contribution in [-0.2, 0) is 14.3 Å². The van der Waals surface area contributed by atoms with Gasteiger partial charge < -0.3 is 14.8 Å². The van der Waals surface area contributed by atoms with Gasteiger partial charge in [0.1, 0.15) is 11.8 Å². The topological polar surface area (TPSA) is 67.9 Å². The van der Waals surface area contributed by atoms with Crippen LogP contribution < -0.4 is 5.32 Å². The Bertz CT molecular complexity index is 776. The summed E-state index contributed by atoms with van der Waals surface area (Å²) in [6.07, 6.45) is 6.51. The van der Waals surface area contributed by atoms with Crippen LogP contribution in [0.1, 0.15) is 55.3 Å². The second-order valence-electron chi connectivity index (χ2n) is 8.02. The molecule has 1 aliphatic carbocycles. The molecule has 8 heteroatoms. The van der Waals surface area contributed by atoms with E-state index in [0.717, 1.165) is 51.6 Å². The number of amides is 2. The molecule has 1 N–H and O–H groups in total. The first-order chi connectivity index (χ1) is 14.0. The van der Waals surface area contributed by atoms with Crippen molar-refractivity contribution in [2.24, 2.45) is 0 Å². The van der Waals surface area contributed by atoms with Crippen LogP contribution in [0.2, 0.25) is 10.0 Å². The van der Waals surface area contributed by atoms with E-state index in [1.165, 1.54) is 0 Å². The van der Waals surface area contributed by atoms with Crippen molar-refractivity contribution in [1.82, 2.24) is 10.2 Å². The Morgan fingerprint density at radius 2 is 1.93 bits per heavy atom. The molecule has 2 heterocycles. The molecule has 0 unspecified atom stereocenters. The normalized spacial score (nSPS) is 26.1. The fourth-order valence-corrected chi connectivity index (χ4v) is 4.88. The van der Waals surface area contributed by atoms with Crippen molar-refractivity contribution in [3.8, 4) is 0 Å². The molecule has 2 atom stereocenters. The summed E-state index contributed by atoms with van der Waals surface area (Å²) in [5, 5.41) is 3.66. The number of hydrogen-bond donors (Lipinski definition) is 1. The number of halogens is 2. The van der Waals surface area contributed by atoms with E-state index in [0.29, 0.717) is 22.2 Å². The van der Waals surface area contributed by atoms with Crippen molar-refractivity contribution in [2.75, 3.05) is 19.8 Å². The van der Waals surface area contributed by atoms with Crippen LogP contribution in [0, 0.1) is 0 Å². The molecule has 2 aliphatic heterocycles. The van der Waals surface area contributed by atoms with E-state index in [1.807, 2.05) is 0 Å². The lowest BCUT2D eigenvalue weighted by molar-refractivity contribution is -0.127. The zero-order valence-electron chi connectivity index (χ0n) is 16.3. The van der Waals surface area contributed by atoms with Crippen LogP contribution in [0.5, 0.6) is 0 Å². The molecule has 1 spiro atoms. The number of carbonyl (C=O) groups excluding carboxylic acids is 2. The molecule has 29 heavy (non-hydrogen) atoms. The van der Waals surface area contributed by atoms with Gasteiger partial charge in [-0.15, -0.1) is 0 Å². The Morgan fingerprint density at radius 3 is 2.62 bits per heavy atom. The predicted octanol–water partition coefficient (Wildman–Crippen LogP) is 3.79. The average molecular weight is 441 g/mol. The van der Waals surface area contributed by atoms with Gasteiger partial charge in [0.25, 0.3) is 5.91 Å². The van der Waals surface area contributed by atoms with Crippen molar-refractivity contribution in [3.63, 3.8) is 0 Å². The Hall–Kier alpha value is -1.34. The molecule has 4 rings (SSSR count). The maximum absolute atomic E-state index is 13.5. The minimum atomic E-state index is -0.729. The Kier molecular flexibility index (Phi) is 6.35. The van der Waals surface area contributed by atoms with Crippen molar-refractivity contribution in [1.29, 1.82) is 0 Å². The van der Waals surface area contributed by atoms with Gasteiger partial charge in [-0.3, -0.25) is 14.5 Å². The molecular formula is C21H26Cl2N2O4. The average Bonchev–Trinajstić information content (AvgIpc) is 3.37. The smallest absolute Gasteiger partial charge is 0.256 e. The van der Waals surface area contributed by atoms with Gasteiger partial charge in [-0.05, 0) is 56.7 Å². The predicted molar refractivity (Wildman–Crippen MR) is 110 cm³/mol. The first-order valence-corrected chi connectivity index (χ1v) is 11.1. The Morgan fingerprint density at radius 1 is 1.14 bits per heavy atom. The second kappa shape index (κ2) is 8.80. The molecule has 2 saturated heterocycles. The van der Waals surface area contributed by atoms with Crippen LogP contribution in [0.15, 0.2) is 18.2 Å². The van der Waals surface area contributed by atoms with Crippen molar-refractivity contribution < 1.29 is 19.1 Å². The summed E-state index contributed by atoms with van der Waals surface area (Å²) >= 11 is 12.1. The van der Waals surface area contributed by atoms with E-state index in [1.54, 1.807) is 23.1 Å². The first kappa shape index (κ1) is 20.9. The second-order valence-corrected chi connectivity index (χ2v) is 8.83. The molecule has 0 radical (unpaired) electrons. The van der Waals surface area contributed by atoms with Crippen LogP contribution >= 0.6 is 23.2 Å². The largest absolute Gasteiger partial charge is 0.376 e. The van der Waals surface area contributed by atoms with E-state index < -0.39 is 11.8 Å². The van der Waals surface area contributed by atoms with Gasteiger partial charge in [-0.1, -0.05) is 29.6 Å². The zero-order chi connectivity index (χ0) is 20.4. The number of rotatable bonds is 4. The fourth-order valence-electron chi connectivity index (χ4n) is 4.58. The third-order valence-electron chi connectivity index (χ3n) is 6.11. The molecule has 1 aromatic carbocycles. The molecule has 1 aromatic rings. The monoisotopic (exact) mass is 440 g/mol. The molecule has 1 saturated carbocycles. The van der Waals surface area contributed by atoms with Crippen LogP contribution in [0.3, 0.4) is 0 Å². The summed E-state index contributed by atoms with van der Waals surface area (Å²) in [5.41, 5.74) is -0.320. The molecule has 158 valence electrons. The van der Waals surface area contributed by atoms with Gasteiger partial charge in [0.05, 0.1) is 22.8 Å². The van der Waals surface area contributed by atoms with E-state index >= 15 is 0 Å². The van der Waals surface area contributed by atoms with Crippen LogP contribution in [-0.4, -0.2) is 54.3 Å². The molecular weight excluding hydrogens is 415 g/mol. The van der Waals surface area contributed by atoms with E-state index in [4.69, 9.17) is 32.7 Å². The lowest BCUT2D eigenvalue weighted by Crippen LogP contribution is -2.56. The molecule has 3 aliphatic rings. The van der Waals surface area contributed by atoms with E-state index in [2.05, 4.69) is 5.32 Å². The summed E-state index contributed by atoms with van der Waals surface area (Å²) in [7, 11) is 0. The van der Waals surface area contributed by atoms with Gasteiger partial charge >= 0.3 is 0 Å². The van der Waals surface area contributed by atoms with Crippen molar-refractivity contribution >= 4 is 35.0 Å². The van der Waals surface area contributed by atoms with Crippen LogP contribution in [0.4, 0.5) is 0 Å². The van der Waals surface area contributed by atoms with Crippen molar-refractivity contribution in [2.45, 2.75) is 62.8 Å². The van der Waals surface area contributed by atoms with Gasteiger partial charge in [0.15, 0.2) is 0 Å². The highest BCUT2D eigenvalue weighted by Gasteiger charge is 2.53. The minimum absolute atomic E-state index is 0.0455. The lowest BCUT2D eigenvalue weighted by Gasteiger charge is -2.41. The number of hydrogen-bond acceptors (Lipinski definition) is 4. The van der Waals surface area contributed by atoms with Crippen LogP contribution in [0.25, 0.3) is 0 Å². The van der Waals surface area contributed by atoms with Gasteiger partial charge in [-0.2, -0.15) is 0 Å². The molecule has 6 nitrogen and oxygen atoms in total. The highest BCUT2D eigenvalue weighted by Crippen LogP contribution is 2.41. The third kappa shape index (κ3) is 4.26. The quantitative estimate of drug-likeness (QED) is 0.772. The van der Waals surface area contributed by atoms with Gasteiger partial charge in [-0.25, -0.2) is 0 Å². The fraction of sp³-hybridized carbons (Fsp3) is 0.619. The summed E-state index contributed by atoms with van der Waals surface area (Å²) in [6.45, 7) is 1.39. The maximum atomic E-state index is 13.5. The molecule has 0 bridgehead atoms. The number of carbonyl (C=O) groups is 2. The molecule has 0 aromatic heterocycles. The third-order valence-corrected chi connectivity index (χ3v) is 6.85.